The molecule has 0 fully saturated rings. The van der Waals surface area contributed by atoms with E-state index in [0.717, 1.165) is 42.0 Å². The fourth-order valence-electron chi connectivity index (χ4n) is 2.14. The molecule has 0 bridgehead atoms. The number of aryl methyl sites for hydroxylation is 3. The number of nitrogens with zero attached hydrogens (tertiary/aromatic N) is 3. The quantitative estimate of drug-likeness (QED) is 0.896. The van der Waals surface area contributed by atoms with Crippen molar-refractivity contribution in [1.82, 2.24) is 14.8 Å². The van der Waals surface area contributed by atoms with Crippen molar-refractivity contribution in [3.8, 4) is 5.82 Å². The maximum atomic E-state index is 5.76. The Morgan fingerprint density at radius 3 is 2.32 bits per heavy atom. The maximum absolute atomic E-state index is 5.76. The molecular weight excluding hydrogens is 236 g/mol. The molecule has 0 amide bonds. The minimum Gasteiger partial charge on any atom is -0.326 e. The van der Waals surface area contributed by atoms with Crippen LogP contribution in [0.5, 0.6) is 0 Å². The molecule has 0 aliphatic heterocycles. The summed E-state index contributed by atoms with van der Waals surface area (Å²) in [7, 11) is 0. The van der Waals surface area contributed by atoms with Crippen molar-refractivity contribution in [2.24, 2.45) is 5.73 Å². The molecule has 102 valence electrons. The van der Waals surface area contributed by atoms with E-state index in [1.54, 1.807) is 0 Å². The third-order valence-electron chi connectivity index (χ3n) is 3.30. The lowest BCUT2D eigenvalue weighted by atomic mass is 10.2. The van der Waals surface area contributed by atoms with Gasteiger partial charge in [0.1, 0.15) is 0 Å². The average Bonchev–Trinajstić information content (AvgIpc) is 2.90. The van der Waals surface area contributed by atoms with Crippen LogP contribution < -0.4 is 5.73 Å². The van der Waals surface area contributed by atoms with Gasteiger partial charge in [-0.05, 0) is 43.0 Å². The van der Waals surface area contributed by atoms with E-state index in [2.05, 4.69) is 43.0 Å². The van der Waals surface area contributed by atoms with Crippen molar-refractivity contribution in [1.29, 1.82) is 0 Å². The van der Waals surface area contributed by atoms with Gasteiger partial charge in [0.05, 0.1) is 5.69 Å². The van der Waals surface area contributed by atoms with Crippen LogP contribution in [0.15, 0.2) is 18.2 Å². The third-order valence-corrected chi connectivity index (χ3v) is 3.30. The minimum atomic E-state index is 0.534. The summed E-state index contributed by atoms with van der Waals surface area (Å²) < 4.78 is 1.96. The predicted octanol–water partition coefficient (Wildman–Crippen LogP) is 2.41. The molecule has 4 heteroatoms. The second-order valence-corrected chi connectivity index (χ2v) is 4.63. The Balaban J connectivity index is 2.53. The Morgan fingerprint density at radius 1 is 1.00 bits per heavy atom. The molecule has 2 heterocycles. The molecule has 2 rings (SSSR count). The molecule has 0 aromatic carbocycles. The molecule has 2 N–H and O–H groups in total. The van der Waals surface area contributed by atoms with Gasteiger partial charge in [-0.15, -0.1) is 0 Å². The van der Waals surface area contributed by atoms with Crippen LogP contribution in [0.1, 0.15) is 43.4 Å². The summed E-state index contributed by atoms with van der Waals surface area (Å²) in [4.78, 5) is 4.67. The molecule has 0 aliphatic carbocycles. The van der Waals surface area contributed by atoms with E-state index in [-0.39, 0.29) is 0 Å². The highest BCUT2D eigenvalue weighted by Crippen LogP contribution is 2.15. The van der Waals surface area contributed by atoms with Gasteiger partial charge in [0.15, 0.2) is 5.82 Å². The maximum Gasteiger partial charge on any atom is 0.154 e. The van der Waals surface area contributed by atoms with Gasteiger partial charge >= 0.3 is 0 Å². The van der Waals surface area contributed by atoms with E-state index in [4.69, 9.17) is 5.73 Å². The van der Waals surface area contributed by atoms with Gasteiger partial charge in [-0.3, -0.25) is 0 Å². The molecule has 0 saturated heterocycles. The Bertz CT molecular complexity index is 535. The molecule has 4 nitrogen and oxygen atoms in total. The molecule has 0 unspecified atom stereocenters. The molecule has 19 heavy (non-hydrogen) atoms. The zero-order valence-corrected chi connectivity index (χ0v) is 12.0. The van der Waals surface area contributed by atoms with Gasteiger partial charge in [-0.1, -0.05) is 20.8 Å². The smallest absolute Gasteiger partial charge is 0.154 e. The summed E-state index contributed by atoms with van der Waals surface area (Å²) in [6.45, 7) is 6.90. The molecular formula is C15H22N4. The largest absolute Gasteiger partial charge is 0.326 e. The first-order valence-electron chi connectivity index (χ1n) is 6.99. The SMILES string of the molecule is CCc1cc(CN)cc(-n2nc(CC)cc2CC)n1. The van der Waals surface area contributed by atoms with Crippen LogP contribution in [-0.4, -0.2) is 14.8 Å². The summed E-state index contributed by atoms with van der Waals surface area (Å²) in [6, 6.07) is 6.26. The summed E-state index contributed by atoms with van der Waals surface area (Å²) in [6.07, 6.45) is 2.80. The van der Waals surface area contributed by atoms with Crippen LogP contribution in [-0.2, 0) is 25.8 Å². The van der Waals surface area contributed by atoms with Crippen molar-refractivity contribution in [3.05, 3.63) is 40.8 Å². The van der Waals surface area contributed by atoms with Crippen LogP contribution in [0.3, 0.4) is 0 Å². The lowest BCUT2D eigenvalue weighted by Gasteiger charge is -2.09. The second-order valence-electron chi connectivity index (χ2n) is 4.63. The van der Waals surface area contributed by atoms with Crippen molar-refractivity contribution in [2.75, 3.05) is 0 Å². The highest BCUT2D eigenvalue weighted by molar-refractivity contribution is 5.33. The lowest BCUT2D eigenvalue weighted by molar-refractivity contribution is 0.762. The van der Waals surface area contributed by atoms with Crippen molar-refractivity contribution < 1.29 is 0 Å². The van der Waals surface area contributed by atoms with Gasteiger partial charge in [0.25, 0.3) is 0 Å². The highest BCUT2D eigenvalue weighted by atomic mass is 15.3. The van der Waals surface area contributed by atoms with Gasteiger partial charge in [0.2, 0.25) is 0 Å². The monoisotopic (exact) mass is 258 g/mol. The predicted molar refractivity (Wildman–Crippen MR) is 77.4 cm³/mol. The van der Waals surface area contributed by atoms with Crippen molar-refractivity contribution in [3.63, 3.8) is 0 Å². The highest BCUT2D eigenvalue weighted by Gasteiger charge is 2.10. The number of nitrogens with two attached hydrogens (primary N) is 1. The molecule has 0 saturated carbocycles. The van der Waals surface area contributed by atoms with Gasteiger partial charge in [-0.2, -0.15) is 5.10 Å². The Morgan fingerprint density at radius 2 is 1.74 bits per heavy atom. The van der Waals surface area contributed by atoms with E-state index in [9.17, 15) is 0 Å². The van der Waals surface area contributed by atoms with Crippen LogP contribution in [0, 0.1) is 0 Å². The first-order valence-corrected chi connectivity index (χ1v) is 6.99. The van der Waals surface area contributed by atoms with Crippen LogP contribution in [0.25, 0.3) is 5.82 Å². The van der Waals surface area contributed by atoms with E-state index < -0.39 is 0 Å². The molecule has 0 atom stereocenters. The van der Waals surface area contributed by atoms with Crippen LogP contribution in [0.2, 0.25) is 0 Å². The average molecular weight is 258 g/mol. The lowest BCUT2D eigenvalue weighted by Crippen LogP contribution is -2.08. The van der Waals surface area contributed by atoms with Crippen molar-refractivity contribution >= 4 is 0 Å². The molecule has 0 aliphatic rings. The normalized spacial score (nSPS) is 10.9. The van der Waals surface area contributed by atoms with Crippen LogP contribution in [0.4, 0.5) is 0 Å². The second kappa shape index (κ2) is 5.97. The summed E-state index contributed by atoms with van der Waals surface area (Å²) in [5, 5.41) is 4.63. The summed E-state index contributed by atoms with van der Waals surface area (Å²) >= 11 is 0. The Labute approximate surface area is 114 Å². The van der Waals surface area contributed by atoms with E-state index in [1.807, 2.05) is 10.7 Å². The fraction of sp³-hybridized carbons (Fsp3) is 0.467. The van der Waals surface area contributed by atoms with Gasteiger partial charge < -0.3 is 5.73 Å². The van der Waals surface area contributed by atoms with Gasteiger partial charge in [0, 0.05) is 17.9 Å². The minimum absolute atomic E-state index is 0.534. The van der Waals surface area contributed by atoms with Gasteiger partial charge in [-0.25, -0.2) is 9.67 Å². The Hall–Kier alpha value is -1.68. The standard InChI is InChI=1S/C15H22N4/c1-4-12-7-11(10-16)8-15(17-12)19-14(6-3)9-13(5-2)18-19/h7-9H,4-6,10,16H2,1-3H3. The zero-order valence-electron chi connectivity index (χ0n) is 12.0. The summed E-state index contributed by atoms with van der Waals surface area (Å²) in [5.74, 6) is 0.886. The topological polar surface area (TPSA) is 56.7 Å². The Kier molecular flexibility index (Phi) is 4.32. The molecule has 0 spiro atoms. The molecule has 2 aromatic heterocycles. The van der Waals surface area contributed by atoms with E-state index in [1.165, 1.54) is 5.69 Å². The van der Waals surface area contributed by atoms with Crippen LogP contribution >= 0.6 is 0 Å². The third kappa shape index (κ3) is 2.84. The summed E-state index contributed by atoms with van der Waals surface area (Å²) in [5.41, 5.74) is 10.2. The number of hydrogen-bond donors (Lipinski definition) is 1. The fourth-order valence-corrected chi connectivity index (χ4v) is 2.14. The number of rotatable bonds is 5. The molecule has 0 radical (unpaired) electrons. The first-order chi connectivity index (χ1) is 9.21. The van der Waals surface area contributed by atoms with E-state index >= 15 is 0 Å². The zero-order chi connectivity index (χ0) is 13.8. The van der Waals surface area contributed by atoms with E-state index in [0.29, 0.717) is 6.54 Å². The number of hydrogen-bond acceptors (Lipinski definition) is 3. The first kappa shape index (κ1) is 13.7. The number of pyridine rings is 1. The van der Waals surface area contributed by atoms with Crippen molar-refractivity contribution in [2.45, 2.75) is 46.6 Å². The molecule has 2 aromatic rings. The number of aromatic nitrogens is 3.